The number of oxazole rings is 1. The van der Waals surface area contributed by atoms with Crippen LogP contribution in [0.25, 0.3) is 11.1 Å². The van der Waals surface area contributed by atoms with Crippen LogP contribution in [0.15, 0.2) is 27.8 Å². The molecule has 0 radical (unpaired) electrons. The Labute approximate surface area is 124 Å². The Morgan fingerprint density at radius 3 is 2.86 bits per heavy atom. The highest BCUT2D eigenvalue weighted by atomic mass is 32.2. The molecule has 1 aromatic heterocycles. The summed E-state index contributed by atoms with van der Waals surface area (Å²) in [5.74, 6) is -0.183. The Bertz CT molecular complexity index is 692. The average Bonchev–Trinajstić information content (AvgIpc) is 2.91. The Morgan fingerprint density at radius 1 is 1.33 bits per heavy atom. The molecule has 1 aliphatic rings. The van der Waals surface area contributed by atoms with E-state index in [9.17, 15) is 9.00 Å². The zero-order chi connectivity index (χ0) is 14.8. The van der Waals surface area contributed by atoms with Crippen molar-refractivity contribution in [3.05, 3.63) is 18.2 Å². The van der Waals surface area contributed by atoms with Crippen molar-refractivity contribution in [3.8, 4) is 0 Å². The van der Waals surface area contributed by atoms with Crippen LogP contribution in [-0.4, -0.2) is 38.8 Å². The number of aromatic nitrogens is 1. The number of fused-ring (bicyclic) bond motifs is 1. The van der Waals surface area contributed by atoms with E-state index in [1.54, 1.807) is 23.1 Å². The molecule has 1 fully saturated rings. The van der Waals surface area contributed by atoms with E-state index >= 15 is 0 Å². The normalized spacial score (nSPS) is 17.0. The average molecular weight is 307 g/mol. The zero-order valence-corrected chi connectivity index (χ0v) is 12.4. The van der Waals surface area contributed by atoms with Gasteiger partial charge < -0.3 is 15.1 Å². The van der Waals surface area contributed by atoms with Crippen LogP contribution in [0.3, 0.4) is 0 Å². The van der Waals surface area contributed by atoms with Crippen molar-refractivity contribution in [2.75, 3.05) is 24.6 Å². The number of nitrogens with two attached hydrogens (primary N) is 1. The molecule has 0 bridgehead atoms. The molecule has 0 saturated carbocycles. The number of carbonyl (C=O) groups excluding carboxylic acids is 1. The van der Waals surface area contributed by atoms with Gasteiger partial charge in [-0.25, -0.2) is 9.19 Å². The van der Waals surface area contributed by atoms with Gasteiger partial charge in [0.15, 0.2) is 5.58 Å². The second-order valence-electron chi connectivity index (χ2n) is 5.14. The quantitative estimate of drug-likeness (QED) is 0.869. The highest BCUT2D eigenvalue weighted by Gasteiger charge is 2.22. The predicted octanol–water partition coefficient (Wildman–Crippen LogP) is 1.53. The lowest BCUT2D eigenvalue weighted by molar-refractivity contribution is -0.129. The van der Waals surface area contributed by atoms with Crippen LogP contribution in [0.4, 0.5) is 5.69 Å². The van der Waals surface area contributed by atoms with Crippen LogP contribution in [-0.2, 0) is 15.6 Å². The first-order valence-corrected chi connectivity index (χ1v) is 8.27. The van der Waals surface area contributed by atoms with Gasteiger partial charge in [0.1, 0.15) is 22.1 Å². The number of nitrogen functional groups attached to an aromatic ring is 1. The van der Waals surface area contributed by atoms with Gasteiger partial charge in [-0.2, -0.15) is 0 Å². The van der Waals surface area contributed by atoms with Gasteiger partial charge >= 0.3 is 0 Å². The molecule has 21 heavy (non-hydrogen) atoms. The molecular weight excluding hydrogens is 290 g/mol. The van der Waals surface area contributed by atoms with E-state index in [2.05, 4.69) is 4.98 Å². The number of benzene rings is 1. The maximum atomic E-state index is 12.2. The zero-order valence-electron chi connectivity index (χ0n) is 11.6. The van der Waals surface area contributed by atoms with E-state index in [0.29, 0.717) is 16.8 Å². The molecule has 1 atom stereocenters. The number of nitrogens with zero attached hydrogens (tertiary/aromatic N) is 2. The third-order valence-electron chi connectivity index (χ3n) is 3.55. The van der Waals surface area contributed by atoms with Crippen LogP contribution in [0.2, 0.25) is 0 Å². The van der Waals surface area contributed by atoms with Crippen molar-refractivity contribution in [1.82, 2.24) is 9.88 Å². The number of rotatable bonds is 3. The number of hydrogen-bond acceptors (Lipinski definition) is 5. The standard InChI is InChI=1S/C14H17N3O3S/c15-10-4-5-12-11(8-10)16-14(20-12)21(19)9-13(18)17-6-2-1-3-7-17/h4-5,8H,1-3,6-7,9,15H2. The molecule has 1 unspecified atom stereocenters. The molecule has 1 aliphatic heterocycles. The first-order valence-electron chi connectivity index (χ1n) is 6.96. The summed E-state index contributed by atoms with van der Waals surface area (Å²) in [7, 11) is -1.56. The molecule has 2 aromatic rings. The minimum absolute atomic E-state index is 0.0810. The van der Waals surface area contributed by atoms with Gasteiger partial charge in [-0.15, -0.1) is 0 Å². The minimum atomic E-state index is -1.56. The summed E-state index contributed by atoms with van der Waals surface area (Å²) in [5, 5.41) is 0.0842. The van der Waals surface area contributed by atoms with E-state index in [4.69, 9.17) is 10.2 Å². The number of hydrogen-bond donors (Lipinski definition) is 1. The molecule has 1 saturated heterocycles. The van der Waals surface area contributed by atoms with Crippen LogP contribution in [0, 0.1) is 0 Å². The first-order chi connectivity index (χ1) is 10.1. The van der Waals surface area contributed by atoms with Crippen LogP contribution in [0.5, 0.6) is 0 Å². The summed E-state index contributed by atoms with van der Waals surface area (Å²) in [6, 6.07) is 5.04. The number of anilines is 1. The number of likely N-dealkylation sites (tertiary alicyclic amines) is 1. The smallest absolute Gasteiger partial charge is 0.288 e. The van der Waals surface area contributed by atoms with Gasteiger partial charge in [-0.1, -0.05) is 0 Å². The Balaban J connectivity index is 1.72. The fourth-order valence-corrected chi connectivity index (χ4v) is 3.34. The monoisotopic (exact) mass is 307 g/mol. The van der Waals surface area contributed by atoms with Crippen LogP contribution in [0.1, 0.15) is 19.3 Å². The Hall–Kier alpha value is -1.89. The summed E-state index contributed by atoms with van der Waals surface area (Å²) in [6.45, 7) is 1.50. The SMILES string of the molecule is Nc1ccc2oc(S(=O)CC(=O)N3CCCCC3)nc2c1. The third-order valence-corrected chi connectivity index (χ3v) is 4.62. The lowest BCUT2D eigenvalue weighted by Crippen LogP contribution is -2.38. The summed E-state index contributed by atoms with van der Waals surface area (Å²) < 4.78 is 17.7. The number of amides is 1. The molecule has 2 N–H and O–H groups in total. The van der Waals surface area contributed by atoms with Crippen molar-refractivity contribution >= 4 is 33.5 Å². The van der Waals surface area contributed by atoms with Crippen molar-refractivity contribution in [2.45, 2.75) is 24.5 Å². The van der Waals surface area contributed by atoms with E-state index in [1.807, 2.05) is 0 Å². The summed E-state index contributed by atoms with van der Waals surface area (Å²) in [5.41, 5.74) is 7.32. The fourth-order valence-electron chi connectivity index (χ4n) is 2.43. The van der Waals surface area contributed by atoms with Crippen molar-refractivity contribution in [2.24, 2.45) is 0 Å². The van der Waals surface area contributed by atoms with E-state index in [-0.39, 0.29) is 16.9 Å². The highest BCUT2D eigenvalue weighted by molar-refractivity contribution is 7.85. The second-order valence-corrected chi connectivity index (χ2v) is 6.47. The van der Waals surface area contributed by atoms with E-state index in [1.165, 1.54) is 0 Å². The molecule has 3 rings (SSSR count). The maximum Gasteiger partial charge on any atom is 0.288 e. The number of piperidine rings is 1. The highest BCUT2D eigenvalue weighted by Crippen LogP contribution is 2.20. The molecular formula is C14H17N3O3S. The largest absolute Gasteiger partial charge is 0.430 e. The third kappa shape index (κ3) is 3.07. The molecule has 7 heteroatoms. The van der Waals surface area contributed by atoms with Crippen LogP contribution < -0.4 is 5.73 Å². The van der Waals surface area contributed by atoms with Crippen molar-refractivity contribution in [3.63, 3.8) is 0 Å². The predicted molar refractivity (Wildman–Crippen MR) is 80.1 cm³/mol. The van der Waals surface area contributed by atoms with Gasteiger partial charge in [0.25, 0.3) is 5.22 Å². The van der Waals surface area contributed by atoms with Gasteiger partial charge in [0, 0.05) is 18.8 Å². The van der Waals surface area contributed by atoms with Gasteiger partial charge in [0.05, 0.1) is 0 Å². The molecule has 1 amide bonds. The maximum absolute atomic E-state index is 12.2. The Kier molecular flexibility index (Phi) is 3.92. The summed E-state index contributed by atoms with van der Waals surface area (Å²) in [4.78, 5) is 18.0. The second kappa shape index (κ2) is 5.85. The molecule has 6 nitrogen and oxygen atoms in total. The van der Waals surface area contributed by atoms with Crippen LogP contribution >= 0.6 is 0 Å². The van der Waals surface area contributed by atoms with E-state index in [0.717, 1.165) is 32.4 Å². The Morgan fingerprint density at radius 2 is 2.10 bits per heavy atom. The molecule has 112 valence electrons. The summed E-state index contributed by atoms with van der Waals surface area (Å²) in [6.07, 6.45) is 3.18. The topological polar surface area (TPSA) is 89.4 Å². The van der Waals surface area contributed by atoms with Crippen molar-refractivity contribution in [1.29, 1.82) is 0 Å². The molecule has 2 heterocycles. The number of carbonyl (C=O) groups is 1. The molecule has 0 spiro atoms. The van der Waals surface area contributed by atoms with Gasteiger partial charge in [-0.05, 0) is 37.5 Å². The van der Waals surface area contributed by atoms with Crippen molar-refractivity contribution < 1.29 is 13.4 Å². The van der Waals surface area contributed by atoms with Gasteiger partial charge in [-0.3, -0.25) is 4.79 Å². The first kappa shape index (κ1) is 14.1. The van der Waals surface area contributed by atoms with E-state index < -0.39 is 10.8 Å². The molecule has 0 aliphatic carbocycles. The minimum Gasteiger partial charge on any atom is -0.430 e. The molecule has 1 aromatic carbocycles. The summed E-state index contributed by atoms with van der Waals surface area (Å²) >= 11 is 0. The lowest BCUT2D eigenvalue weighted by atomic mass is 10.1. The van der Waals surface area contributed by atoms with Gasteiger partial charge in [0.2, 0.25) is 5.91 Å². The lowest BCUT2D eigenvalue weighted by Gasteiger charge is -2.26. The fraction of sp³-hybridized carbons (Fsp3) is 0.429.